The Morgan fingerprint density at radius 1 is 1.27 bits per heavy atom. The Morgan fingerprint density at radius 2 is 1.95 bits per heavy atom. The lowest BCUT2D eigenvalue weighted by Gasteiger charge is -2.34. The lowest BCUT2D eigenvalue weighted by molar-refractivity contribution is -0.142. The molecule has 0 radical (unpaired) electrons. The molecule has 0 bridgehead atoms. The average Bonchev–Trinajstić information content (AvgIpc) is 2.83. The van der Waals surface area contributed by atoms with Crippen molar-refractivity contribution in [3.05, 3.63) is 52.8 Å². The van der Waals surface area contributed by atoms with Crippen molar-refractivity contribution in [1.82, 2.24) is 14.7 Å². The summed E-state index contributed by atoms with van der Waals surface area (Å²) in [7, 11) is 1.74. The molecular formula is C16H17N3O3. The molecule has 0 saturated heterocycles. The number of hydrogen-bond acceptors (Lipinski definition) is 3. The predicted molar refractivity (Wildman–Crippen MR) is 79.4 cm³/mol. The van der Waals surface area contributed by atoms with E-state index in [4.69, 9.17) is 0 Å². The second-order valence-corrected chi connectivity index (χ2v) is 5.56. The summed E-state index contributed by atoms with van der Waals surface area (Å²) in [6, 6.07) is 6.80. The van der Waals surface area contributed by atoms with Crippen LogP contribution in [0.3, 0.4) is 0 Å². The molecule has 1 atom stereocenters. The Hall–Kier alpha value is -2.63. The van der Waals surface area contributed by atoms with Gasteiger partial charge in [-0.25, -0.2) is 4.79 Å². The summed E-state index contributed by atoms with van der Waals surface area (Å²) in [5, 5.41) is 13.7. The van der Waals surface area contributed by atoms with Gasteiger partial charge in [0.2, 0.25) is 0 Å². The van der Waals surface area contributed by atoms with Crippen molar-refractivity contribution in [2.75, 3.05) is 0 Å². The number of amides is 1. The van der Waals surface area contributed by atoms with Crippen LogP contribution in [0.1, 0.15) is 27.2 Å². The Labute approximate surface area is 128 Å². The zero-order chi connectivity index (χ0) is 15.9. The van der Waals surface area contributed by atoms with Crippen molar-refractivity contribution < 1.29 is 14.7 Å². The van der Waals surface area contributed by atoms with Gasteiger partial charge in [0, 0.05) is 26.2 Å². The molecule has 6 nitrogen and oxygen atoms in total. The van der Waals surface area contributed by atoms with Crippen LogP contribution < -0.4 is 0 Å². The molecular weight excluding hydrogens is 282 g/mol. The lowest BCUT2D eigenvalue weighted by Crippen LogP contribution is -2.48. The van der Waals surface area contributed by atoms with Gasteiger partial charge in [-0.05, 0) is 18.1 Å². The molecule has 2 aromatic rings. The number of carboxylic acid groups (broad SMARTS) is 1. The minimum absolute atomic E-state index is 0.285. The molecule has 1 aliphatic heterocycles. The number of rotatable bonds is 2. The Balaban J connectivity index is 1.99. The Bertz CT molecular complexity index is 751. The monoisotopic (exact) mass is 299 g/mol. The Kier molecular flexibility index (Phi) is 3.44. The van der Waals surface area contributed by atoms with Crippen molar-refractivity contribution in [2.45, 2.75) is 25.9 Å². The van der Waals surface area contributed by atoms with Gasteiger partial charge in [0.1, 0.15) is 6.04 Å². The second kappa shape index (κ2) is 5.29. The minimum atomic E-state index is -0.982. The Morgan fingerprint density at radius 3 is 2.55 bits per heavy atom. The van der Waals surface area contributed by atoms with Gasteiger partial charge in [-0.15, -0.1) is 0 Å². The van der Waals surface area contributed by atoms with Crippen molar-refractivity contribution in [3.63, 3.8) is 0 Å². The predicted octanol–water partition coefficient (Wildman–Crippen LogP) is 1.38. The van der Waals surface area contributed by atoms with Crippen LogP contribution in [0.2, 0.25) is 0 Å². The normalized spacial score (nSPS) is 17.2. The molecule has 1 amide bonds. The highest BCUT2D eigenvalue weighted by atomic mass is 16.4. The van der Waals surface area contributed by atoms with E-state index >= 15 is 0 Å². The molecule has 0 fully saturated rings. The topological polar surface area (TPSA) is 75.4 Å². The fourth-order valence-corrected chi connectivity index (χ4v) is 2.92. The third kappa shape index (κ3) is 2.36. The average molecular weight is 299 g/mol. The molecule has 1 aromatic heterocycles. The number of aromatic nitrogens is 2. The maximum atomic E-state index is 12.8. The van der Waals surface area contributed by atoms with Gasteiger partial charge in [-0.1, -0.05) is 24.3 Å². The molecule has 0 aliphatic carbocycles. The summed E-state index contributed by atoms with van der Waals surface area (Å²) in [5.41, 5.74) is 3.04. The van der Waals surface area contributed by atoms with Crippen LogP contribution in [0.4, 0.5) is 0 Å². The number of aryl methyl sites for hydroxylation is 2. The van der Waals surface area contributed by atoms with Crippen LogP contribution in [-0.2, 0) is 24.8 Å². The van der Waals surface area contributed by atoms with E-state index in [0.29, 0.717) is 24.2 Å². The summed E-state index contributed by atoms with van der Waals surface area (Å²) in [6.45, 7) is 2.06. The molecule has 114 valence electrons. The van der Waals surface area contributed by atoms with E-state index in [2.05, 4.69) is 5.10 Å². The lowest BCUT2D eigenvalue weighted by atomic mass is 9.93. The van der Waals surface area contributed by atoms with Gasteiger partial charge >= 0.3 is 5.97 Å². The van der Waals surface area contributed by atoms with Crippen LogP contribution in [0.15, 0.2) is 30.5 Å². The molecule has 1 aromatic carbocycles. The van der Waals surface area contributed by atoms with Crippen LogP contribution in [0, 0.1) is 6.92 Å². The minimum Gasteiger partial charge on any atom is -0.480 e. The standard InChI is InChI=1S/C16H17N3O3/c1-10-13(9-18(2)17-10)15(20)19-8-12-6-4-3-5-11(12)7-14(19)16(21)22/h3-6,9,14H,7-8H2,1-2H3,(H,21,22)/t14-/m0/s1. The van der Waals surface area contributed by atoms with E-state index in [1.54, 1.807) is 24.9 Å². The molecule has 0 spiro atoms. The van der Waals surface area contributed by atoms with Crippen molar-refractivity contribution in [3.8, 4) is 0 Å². The summed E-state index contributed by atoms with van der Waals surface area (Å²) in [4.78, 5) is 25.8. The third-order valence-corrected chi connectivity index (χ3v) is 4.04. The van der Waals surface area contributed by atoms with Gasteiger partial charge in [0.15, 0.2) is 0 Å². The fraction of sp³-hybridized carbons (Fsp3) is 0.312. The number of carbonyl (C=O) groups excluding carboxylic acids is 1. The van der Waals surface area contributed by atoms with Crippen LogP contribution >= 0.6 is 0 Å². The molecule has 0 unspecified atom stereocenters. The second-order valence-electron chi connectivity index (χ2n) is 5.56. The highest BCUT2D eigenvalue weighted by Crippen LogP contribution is 2.25. The molecule has 2 heterocycles. The van der Waals surface area contributed by atoms with E-state index in [-0.39, 0.29) is 5.91 Å². The zero-order valence-corrected chi connectivity index (χ0v) is 12.5. The number of carboxylic acids is 1. The van der Waals surface area contributed by atoms with Crippen LogP contribution in [0.25, 0.3) is 0 Å². The number of hydrogen-bond donors (Lipinski definition) is 1. The van der Waals surface area contributed by atoms with E-state index in [0.717, 1.165) is 11.1 Å². The number of benzene rings is 1. The summed E-state index contributed by atoms with van der Waals surface area (Å²) >= 11 is 0. The summed E-state index contributed by atoms with van der Waals surface area (Å²) in [5.74, 6) is -1.27. The third-order valence-electron chi connectivity index (χ3n) is 4.04. The maximum Gasteiger partial charge on any atom is 0.326 e. The van der Waals surface area contributed by atoms with Crippen molar-refractivity contribution >= 4 is 11.9 Å². The first kappa shape index (κ1) is 14.3. The number of carbonyl (C=O) groups is 2. The van der Waals surface area contributed by atoms with Gasteiger partial charge in [-0.2, -0.15) is 5.10 Å². The molecule has 22 heavy (non-hydrogen) atoms. The maximum absolute atomic E-state index is 12.8. The number of fused-ring (bicyclic) bond motifs is 1. The van der Waals surface area contributed by atoms with Crippen LogP contribution in [0.5, 0.6) is 0 Å². The first-order valence-corrected chi connectivity index (χ1v) is 7.08. The number of aliphatic carboxylic acids is 1. The molecule has 1 aliphatic rings. The van der Waals surface area contributed by atoms with E-state index in [1.807, 2.05) is 24.3 Å². The molecule has 0 saturated carbocycles. The van der Waals surface area contributed by atoms with Crippen molar-refractivity contribution in [1.29, 1.82) is 0 Å². The van der Waals surface area contributed by atoms with Gasteiger partial charge in [0.25, 0.3) is 5.91 Å². The SMILES string of the molecule is Cc1nn(C)cc1C(=O)N1Cc2ccccc2C[C@H]1C(=O)O. The van der Waals surface area contributed by atoms with Gasteiger partial charge in [-0.3, -0.25) is 9.48 Å². The van der Waals surface area contributed by atoms with Crippen molar-refractivity contribution in [2.24, 2.45) is 7.05 Å². The van der Waals surface area contributed by atoms with E-state index in [9.17, 15) is 14.7 Å². The first-order valence-electron chi connectivity index (χ1n) is 7.08. The molecule has 6 heteroatoms. The van der Waals surface area contributed by atoms with E-state index < -0.39 is 12.0 Å². The summed E-state index contributed by atoms with van der Waals surface area (Å²) in [6.07, 6.45) is 1.97. The molecule has 3 rings (SSSR count). The molecule has 1 N–H and O–H groups in total. The fourth-order valence-electron chi connectivity index (χ4n) is 2.92. The smallest absolute Gasteiger partial charge is 0.326 e. The van der Waals surface area contributed by atoms with Crippen LogP contribution in [-0.4, -0.2) is 37.7 Å². The quantitative estimate of drug-likeness (QED) is 0.909. The first-order chi connectivity index (χ1) is 10.5. The van der Waals surface area contributed by atoms with Gasteiger partial charge < -0.3 is 10.0 Å². The van der Waals surface area contributed by atoms with Gasteiger partial charge in [0.05, 0.1) is 11.3 Å². The largest absolute Gasteiger partial charge is 0.480 e. The highest BCUT2D eigenvalue weighted by molar-refractivity contribution is 5.97. The zero-order valence-electron chi connectivity index (χ0n) is 12.5. The highest BCUT2D eigenvalue weighted by Gasteiger charge is 2.35. The van der Waals surface area contributed by atoms with E-state index in [1.165, 1.54) is 4.90 Å². The number of nitrogens with zero attached hydrogens (tertiary/aromatic N) is 3. The summed E-state index contributed by atoms with van der Waals surface area (Å²) < 4.78 is 1.57.